The quantitative estimate of drug-likeness (QED) is 0.628. The Morgan fingerprint density at radius 1 is 1.37 bits per heavy atom. The molecule has 0 atom stereocenters. The highest BCUT2D eigenvalue weighted by Gasteiger charge is 2.28. The minimum atomic E-state index is -3.87. The van der Waals surface area contributed by atoms with Crippen LogP contribution in [0.15, 0.2) is 17.0 Å². The molecule has 0 aliphatic heterocycles. The molecule has 1 rings (SSSR count). The van der Waals surface area contributed by atoms with Gasteiger partial charge in [-0.05, 0) is 32.4 Å². The van der Waals surface area contributed by atoms with Crippen molar-refractivity contribution in [1.82, 2.24) is 4.31 Å². The van der Waals surface area contributed by atoms with Gasteiger partial charge < -0.3 is 0 Å². The molecule has 0 heterocycles. The van der Waals surface area contributed by atoms with Crippen molar-refractivity contribution in [1.29, 1.82) is 0 Å². The van der Waals surface area contributed by atoms with Crippen LogP contribution in [0.3, 0.4) is 0 Å². The smallest absolute Gasteiger partial charge is 0.258 e. The van der Waals surface area contributed by atoms with Gasteiger partial charge >= 0.3 is 5.69 Å². The molecule has 0 amide bonds. The van der Waals surface area contributed by atoms with Crippen LogP contribution in [0.25, 0.3) is 0 Å². The standard InChI is InChI=1S/C11H15FN2O4S/c1-7(2)13(4)19(17,18)9-5-8(3)11(12)10(6-9)14(15)16/h5-7H,1-4H3. The maximum atomic E-state index is 13.5. The van der Waals surface area contributed by atoms with Gasteiger partial charge in [0.05, 0.1) is 9.82 Å². The third-order valence-electron chi connectivity index (χ3n) is 2.81. The molecule has 1 aromatic rings. The van der Waals surface area contributed by atoms with Gasteiger partial charge in [-0.3, -0.25) is 10.1 Å². The van der Waals surface area contributed by atoms with Gasteiger partial charge in [0.2, 0.25) is 15.8 Å². The van der Waals surface area contributed by atoms with Crippen molar-refractivity contribution in [3.8, 4) is 0 Å². The largest absolute Gasteiger partial charge is 0.306 e. The summed E-state index contributed by atoms with van der Waals surface area (Å²) in [6.07, 6.45) is 0. The van der Waals surface area contributed by atoms with E-state index in [0.29, 0.717) is 0 Å². The Bertz CT molecular complexity index is 613. The number of benzene rings is 1. The van der Waals surface area contributed by atoms with Crippen molar-refractivity contribution in [2.45, 2.75) is 31.7 Å². The molecular weight excluding hydrogens is 275 g/mol. The van der Waals surface area contributed by atoms with Gasteiger partial charge in [0.1, 0.15) is 0 Å². The number of hydrogen-bond acceptors (Lipinski definition) is 4. The molecule has 19 heavy (non-hydrogen) atoms. The highest BCUT2D eigenvalue weighted by atomic mass is 32.2. The van der Waals surface area contributed by atoms with Gasteiger partial charge in [-0.15, -0.1) is 0 Å². The van der Waals surface area contributed by atoms with E-state index in [1.807, 2.05) is 0 Å². The Morgan fingerprint density at radius 2 is 1.89 bits per heavy atom. The monoisotopic (exact) mass is 290 g/mol. The first-order chi connectivity index (χ1) is 8.59. The van der Waals surface area contributed by atoms with E-state index in [1.54, 1.807) is 13.8 Å². The molecule has 0 spiro atoms. The maximum absolute atomic E-state index is 13.5. The van der Waals surface area contributed by atoms with Gasteiger partial charge in [-0.2, -0.15) is 8.70 Å². The molecular formula is C11H15FN2O4S. The normalized spacial score (nSPS) is 12.2. The van der Waals surface area contributed by atoms with Gasteiger partial charge in [0.25, 0.3) is 0 Å². The van der Waals surface area contributed by atoms with Crippen LogP contribution in [0.5, 0.6) is 0 Å². The van der Waals surface area contributed by atoms with Crippen LogP contribution in [0, 0.1) is 22.9 Å². The van der Waals surface area contributed by atoms with E-state index in [1.165, 1.54) is 14.0 Å². The Hall–Kier alpha value is -1.54. The van der Waals surface area contributed by atoms with Crippen molar-refractivity contribution < 1.29 is 17.7 Å². The minimum absolute atomic E-state index is 0.0788. The molecule has 8 heteroatoms. The van der Waals surface area contributed by atoms with Crippen molar-refractivity contribution in [3.05, 3.63) is 33.6 Å². The second-order valence-electron chi connectivity index (χ2n) is 4.45. The Morgan fingerprint density at radius 3 is 2.32 bits per heavy atom. The fourth-order valence-corrected chi connectivity index (χ4v) is 2.92. The van der Waals surface area contributed by atoms with Crippen LogP contribution in [-0.2, 0) is 10.0 Å². The summed E-state index contributed by atoms with van der Waals surface area (Å²) in [5.41, 5.74) is -0.916. The lowest BCUT2D eigenvalue weighted by atomic mass is 10.2. The summed E-state index contributed by atoms with van der Waals surface area (Å²) in [6, 6.07) is 1.53. The first-order valence-electron chi connectivity index (χ1n) is 5.51. The molecule has 1 aromatic carbocycles. The van der Waals surface area contributed by atoms with Gasteiger partial charge in [0, 0.05) is 19.2 Å². The molecule has 106 valence electrons. The van der Waals surface area contributed by atoms with Gasteiger partial charge in [-0.25, -0.2) is 8.42 Å². The number of aryl methyl sites for hydroxylation is 1. The van der Waals surface area contributed by atoms with E-state index in [4.69, 9.17) is 0 Å². The van der Waals surface area contributed by atoms with E-state index in [-0.39, 0.29) is 16.5 Å². The highest BCUT2D eigenvalue weighted by Crippen LogP contribution is 2.27. The van der Waals surface area contributed by atoms with Crippen molar-refractivity contribution in [2.24, 2.45) is 0 Å². The number of halogens is 1. The molecule has 0 aliphatic rings. The lowest BCUT2D eigenvalue weighted by molar-refractivity contribution is -0.387. The lowest BCUT2D eigenvalue weighted by Gasteiger charge is -2.21. The predicted octanol–water partition coefficient (Wildman–Crippen LogP) is 2.07. The lowest BCUT2D eigenvalue weighted by Crippen LogP contribution is -2.33. The predicted molar refractivity (Wildman–Crippen MR) is 67.9 cm³/mol. The second-order valence-corrected chi connectivity index (χ2v) is 6.44. The number of nitrogens with zero attached hydrogens (tertiary/aromatic N) is 2. The fraction of sp³-hybridized carbons (Fsp3) is 0.455. The maximum Gasteiger partial charge on any atom is 0.306 e. The van der Waals surface area contributed by atoms with Crippen molar-refractivity contribution in [2.75, 3.05) is 7.05 Å². The van der Waals surface area contributed by atoms with E-state index in [0.717, 1.165) is 16.4 Å². The summed E-state index contributed by atoms with van der Waals surface area (Å²) < 4.78 is 39.0. The van der Waals surface area contributed by atoms with Crippen LogP contribution in [0.2, 0.25) is 0 Å². The third-order valence-corrected chi connectivity index (χ3v) is 4.82. The fourth-order valence-electron chi connectivity index (χ4n) is 1.44. The topological polar surface area (TPSA) is 80.5 Å². The zero-order chi connectivity index (χ0) is 15.0. The summed E-state index contributed by atoms with van der Waals surface area (Å²) in [6.45, 7) is 4.63. The average Bonchev–Trinajstić information content (AvgIpc) is 2.30. The van der Waals surface area contributed by atoms with Crippen molar-refractivity contribution in [3.63, 3.8) is 0 Å². The Balaban J connectivity index is 3.49. The molecule has 0 saturated carbocycles. The average molecular weight is 290 g/mol. The number of nitro groups is 1. The van der Waals surface area contributed by atoms with E-state index < -0.39 is 26.5 Å². The number of nitro benzene ring substituents is 1. The molecule has 0 aliphatic carbocycles. The SMILES string of the molecule is Cc1cc(S(=O)(=O)N(C)C(C)C)cc([N+](=O)[O-])c1F. The van der Waals surface area contributed by atoms with E-state index >= 15 is 0 Å². The third kappa shape index (κ3) is 2.90. The molecule has 0 fully saturated rings. The summed E-state index contributed by atoms with van der Waals surface area (Å²) in [5.74, 6) is -1.02. The minimum Gasteiger partial charge on any atom is -0.258 e. The first-order valence-corrected chi connectivity index (χ1v) is 6.95. The second kappa shape index (κ2) is 5.22. The summed E-state index contributed by atoms with van der Waals surface area (Å²) >= 11 is 0. The van der Waals surface area contributed by atoms with Gasteiger partial charge in [-0.1, -0.05) is 0 Å². The van der Waals surface area contributed by atoms with Crippen LogP contribution in [0.1, 0.15) is 19.4 Å². The summed E-state index contributed by atoms with van der Waals surface area (Å²) in [7, 11) is -2.51. The Labute approximate surface area is 111 Å². The first kappa shape index (κ1) is 15.5. The van der Waals surface area contributed by atoms with Crippen LogP contribution in [0.4, 0.5) is 10.1 Å². The molecule has 0 radical (unpaired) electrons. The zero-order valence-electron chi connectivity index (χ0n) is 11.0. The molecule has 0 N–H and O–H groups in total. The summed E-state index contributed by atoms with van der Waals surface area (Å²) in [4.78, 5) is 9.50. The molecule has 6 nitrogen and oxygen atoms in total. The highest BCUT2D eigenvalue weighted by molar-refractivity contribution is 7.89. The number of sulfonamides is 1. The molecule has 0 bridgehead atoms. The van der Waals surface area contributed by atoms with Crippen LogP contribution in [-0.4, -0.2) is 30.7 Å². The molecule has 0 saturated heterocycles. The van der Waals surface area contributed by atoms with Gasteiger partial charge in [0.15, 0.2) is 0 Å². The Kier molecular flexibility index (Phi) is 4.26. The van der Waals surface area contributed by atoms with Crippen LogP contribution < -0.4 is 0 Å². The van der Waals surface area contributed by atoms with E-state index in [2.05, 4.69) is 0 Å². The van der Waals surface area contributed by atoms with Crippen LogP contribution >= 0.6 is 0 Å². The molecule has 0 unspecified atom stereocenters. The summed E-state index contributed by atoms with van der Waals surface area (Å²) in [5, 5.41) is 10.7. The van der Waals surface area contributed by atoms with E-state index in [9.17, 15) is 22.9 Å². The number of rotatable bonds is 4. The zero-order valence-corrected chi connectivity index (χ0v) is 11.9. The number of hydrogen-bond donors (Lipinski definition) is 0. The van der Waals surface area contributed by atoms with Crippen molar-refractivity contribution >= 4 is 15.7 Å². The molecule has 0 aromatic heterocycles.